The van der Waals surface area contributed by atoms with Crippen LogP contribution in [0.25, 0.3) is 0 Å². The van der Waals surface area contributed by atoms with E-state index < -0.39 is 0 Å². The highest BCUT2D eigenvalue weighted by molar-refractivity contribution is 8.01. The number of aromatic amines is 1. The molecule has 1 amide bonds. The molecule has 0 aromatic carbocycles. The van der Waals surface area contributed by atoms with Gasteiger partial charge in [0.15, 0.2) is 0 Å². The van der Waals surface area contributed by atoms with Crippen LogP contribution in [0.4, 0.5) is 0 Å². The zero-order valence-electron chi connectivity index (χ0n) is 9.62. The van der Waals surface area contributed by atoms with Crippen molar-refractivity contribution >= 4 is 17.7 Å². The molecule has 5 heteroatoms. The lowest BCUT2D eigenvalue weighted by molar-refractivity contribution is -0.123. The number of carbonyl (C=O) groups excluding carboxylic acids is 1. The van der Waals surface area contributed by atoms with E-state index in [0.29, 0.717) is 0 Å². The molecule has 2 unspecified atom stereocenters. The molecule has 0 radical (unpaired) electrons. The van der Waals surface area contributed by atoms with E-state index in [1.165, 1.54) is 0 Å². The molecule has 1 fully saturated rings. The Bertz CT molecular complexity index is 357. The van der Waals surface area contributed by atoms with Crippen molar-refractivity contribution in [1.82, 2.24) is 15.5 Å². The van der Waals surface area contributed by atoms with Crippen LogP contribution in [0.1, 0.15) is 38.3 Å². The fourth-order valence-electron chi connectivity index (χ4n) is 1.89. The maximum absolute atomic E-state index is 12.1. The van der Waals surface area contributed by atoms with Gasteiger partial charge < -0.3 is 5.32 Å². The van der Waals surface area contributed by atoms with Gasteiger partial charge in [-0.3, -0.25) is 9.89 Å². The number of aromatic nitrogens is 2. The normalized spacial score (nSPS) is 26.6. The maximum atomic E-state index is 12.1. The molecule has 88 valence electrons. The van der Waals surface area contributed by atoms with E-state index in [2.05, 4.69) is 15.5 Å². The summed E-state index contributed by atoms with van der Waals surface area (Å²) in [7, 11) is 0. The van der Waals surface area contributed by atoms with Crippen LogP contribution >= 0.6 is 11.8 Å². The van der Waals surface area contributed by atoms with Crippen molar-refractivity contribution in [3.8, 4) is 0 Å². The Hall–Kier alpha value is -0.970. The van der Waals surface area contributed by atoms with Crippen LogP contribution in [-0.2, 0) is 4.79 Å². The average Bonchev–Trinajstić information content (AvgIpc) is 2.88. The van der Waals surface area contributed by atoms with Gasteiger partial charge in [-0.05, 0) is 32.4 Å². The zero-order chi connectivity index (χ0) is 11.6. The third-order valence-corrected chi connectivity index (χ3v) is 4.59. The first-order valence-corrected chi connectivity index (χ1v) is 6.54. The van der Waals surface area contributed by atoms with E-state index >= 15 is 0 Å². The number of nitrogens with zero attached hydrogens (tertiary/aromatic N) is 1. The van der Waals surface area contributed by atoms with Gasteiger partial charge in [0, 0.05) is 11.8 Å². The molecule has 16 heavy (non-hydrogen) atoms. The topological polar surface area (TPSA) is 57.8 Å². The highest BCUT2D eigenvalue weighted by Crippen LogP contribution is 2.38. The predicted octanol–water partition coefficient (Wildman–Crippen LogP) is 1.87. The van der Waals surface area contributed by atoms with E-state index in [0.717, 1.165) is 24.2 Å². The number of hydrogen-bond donors (Lipinski definition) is 2. The quantitative estimate of drug-likeness (QED) is 0.846. The summed E-state index contributed by atoms with van der Waals surface area (Å²) in [6, 6.07) is 0.0178. The summed E-state index contributed by atoms with van der Waals surface area (Å²) in [6.45, 7) is 4.01. The number of hydrogen-bond acceptors (Lipinski definition) is 3. The molecule has 1 aliphatic heterocycles. The van der Waals surface area contributed by atoms with Crippen molar-refractivity contribution in [3.63, 3.8) is 0 Å². The summed E-state index contributed by atoms with van der Waals surface area (Å²) in [5.74, 6) is 1.23. The molecule has 1 saturated heterocycles. The van der Waals surface area contributed by atoms with Gasteiger partial charge in [0.2, 0.25) is 5.91 Å². The number of rotatable bonds is 3. The van der Waals surface area contributed by atoms with Crippen molar-refractivity contribution in [3.05, 3.63) is 18.0 Å². The highest BCUT2D eigenvalue weighted by atomic mass is 32.2. The van der Waals surface area contributed by atoms with Gasteiger partial charge in [0.25, 0.3) is 0 Å². The Kier molecular flexibility index (Phi) is 3.23. The molecule has 1 aliphatic rings. The summed E-state index contributed by atoms with van der Waals surface area (Å²) < 4.78 is -0.238. The first-order valence-electron chi connectivity index (χ1n) is 5.55. The van der Waals surface area contributed by atoms with Crippen molar-refractivity contribution in [2.45, 2.75) is 37.5 Å². The molecule has 0 saturated carbocycles. The molecule has 1 aromatic rings. The van der Waals surface area contributed by atoms with E-state index in [-0.39, 0.29) is 16.7 Å². The molecule has 2 rings (SSSR count). The molecular formula is C11H17N3OS. The largest absolute Gasteiger partial charge is 0.348 e. The number of thioether (sulfide) groups is 1. The van der Waals surface area contributed by atoms with Crippen LogP contribution in [0.5, 0.6) is 0 Å². The minimum atomic E-state index is -0.238. The molecule has 2 atom stereocenters. The van der Waals surface area contributed by atoms with Gasteiger partial charge in [-0.1, -0.05) is 0 Å². The molecule has 1 aromatic heterocycles. The lowest BCUT2D eigenvalue weighted by Gasteiger charge is -2.24. The maximum Gasteiger partial charge on any atom is 0.236 e. The summed E-state index contributed by atoms with van der Waals surface area (Å²) >= 11 is 1.76. The molecule has 0 aliphatic carbocycles. The van der Waals surface area contributed by atoms with Crippen LogP contribution < -0.4 is 5.32 Å². The van der Waals surface area contributed by atoms with E-state index in [1.54, 1.807) is 18.0 Å². The smallest absolute Gasteiger partial charge is 0.236 e. The Balaban J connectivity index is 1.97. The summed E-state index contributed by atoms with van der Waals surface area (Å²) in [5.41, 5.74) is 1.01. The van der Waals surface area contributed by atoms with Gasteiger partial charge in [-0.25, -0.2) is 0 Å². The second-order valence-corrected chi connectivity index (χ2v) is 6.01. The Morgan fingerprint density at radius 1 is 1.75 bits per heavy atom. The van der Waals surface area contributed by atoms with Crippen LogP contribution in [0.15, 0.2) is 12.4 Å². The first-order chi connectivity index (χ1) is 7.62. The van der Waals surface area contributed by atoms with Gasteiger partial charge in [-0.15, -0.1) is 11.8 Å². The summed E-state index contributed by atoms with van der Waals surface area (Å²) in [6.07, 6.45) is 5.67. The van der Waals surface area contributed by atoms with Crippen molar-refractivity contribution in [2.24, 2.45) is 0 Å². The molecule has 0 bridgehead atoms. The molecule has 0 spiro atoms. The predicted molar refractivity (Wildman–Crippen MR) is 65.2 cm³/mol. The van der Waals surface area contributed by atoms with Crippen LogP contribution in [-0.4, -0.2) is 26.6 Å². The van der Waals surface area contributed by atoms with Crippen LogP contribution in [0, 0.1) is 0 Å². The number of amides is 1. The lowest BCUT2D eigenvalue weighted by atomic mass is 10.0. The van der Waals surface area contributed by atoms with Gasteiger partial charge in [-0.2, -0.15) is 5.10 Å². The van der Waals surface area contributed by atoms with Gasteiger partial charge in [0.05, 0.1) is 17.0 Å². The van der Waals surface area contributed by atoms with Crippen molar-refractivity contribution < 1.29 is 4.79 Å². The zero-order valence-corrected chi connectivity index (χ0v) is 10.4. The second-order valence-electron chi connectivity index (χ2n) is 4.41. The standard InChI is InChI=1S/C11H17N3OS/c1-8(9-6-12-13-7-9)14-10(15)11(2)4-3-5-16-11/h6-8H,3-5H2,1-2H3,(H,12,13)(H,14,15). The van der Waals surface area contributed by atoms with Gasteiger partial charge in [0.1, 0.15) is 0 Å². The average molecular weight is 239 g/mol. The van der Waals surface area contributed by atoms with Crippen molar-refractivity contribution in [2.75, 3.05) is 5.75 Å². The third-order valence-electron chi connectivity index (χ3n) is 3.07. The molecule has 2 N–H and O–H groups in total. The minimum absolute atomic E-state index is 0.0178. The minimum Gasteiger partial charge on any atom is -0.348 e. The molecule has 4 nitrogen and oxygen atoms in total. The Morgan fingerprint density at radius 2 is 2.56 bits per heavy atom. The SMILES string of the molecule is CC(NC(=O)C1(C)CCCS1)c1cn[nH]c1. The Labute approximate surface area is 99.6 Å². The number of nitrogens with one attached hydrogen (secondary N) is 2. The van der Waals surface area contributed by atoms with Gasteiger partial charge >= 0.3 is 0 Å². The molecular weight excluding hydrogens is 222 g/mol. The highest BCUT2D eigenvalue weighted by Gasteiger charge is 2.37. The number of H-pyrrole nitrogens is 1. The fourth-order valence-corrected chi connectivity index (χ4v) is 3.11. The number of carbonyl (C=O) groups is 1. The van der Waals surface area contributed by atoms with E-state index in [1.807, 2.05) is 20.0 Å². The van der Waals surface area contributed by atoms with Crippen LogP contribution in [0.2, 0.25) is 0 Å². The lowest BCUT2D eigenvalue weighted by Crippen LogP contribution is -2.41. The van der Waals surface area contributed by atoms with Crippen LogP contribution in [0.3, 0.4) is 0 Å². The first kappa shape index (κ1) is 11.5. The molecule has 2 heterocycles. The fraction of sp³-hybridized carbons (Fsp3) is 0.636. The van der Waals surface area contributed by atoms with E-state index in [9.17, 15) is 4.79 Å². The van der Waals surface area contributed by atoms with Crippen molar-refractivity contribution in [1.29, 1.82) is 0 Å². The second kappa shape index (κ2) is 4.49. The van der Waals surface area contributed by atoms with E-state index in [4.69, 9.17) is 0 Å². The monoisotopic (exact) mass is 239 g/mol. The Morgan fingerprint density at radius 3 is 3.12 bits per heavy atom. The summed E-state index contributed by atoms with van der Waals surface area (Å²) in [5, 5.41) is 9.69. The summed E-state index contributed by atoms with van der Waals surface area (Å²) in [4.78, 5) is 12.1. The third kappa shape index (κ3) is 2.24.